The van der Waals surface area contributed by atoms with Crippen LogP contribution in [0, 0.1) is 0 Å². The van der Waals surface area contributed by atoms with Crippen molar-refractivity contribution in [3.8, 4) is 27.9 Å². The normalized spacial score (nSPS) is 11.8. The third-order valence-corrected chi connectivity index (χ3v) is 12.7. The third-order valence-electron chi connectivity index (χ3n) is 11.6. The van der Waals surface area contributed by atoms with Crippen molar-refractivity contribution in [1.29, 1.82) is 0 Å². The molecule has 3 heterocycles. The molecule has 3 aromatic heterocycles. The quantitative estimate of drug-likeness (QED) is 0.168. The molecular weight excluding hydrogens is 725 g/mol. The van der Waals surface area contributed by atoms with Crippen LogP contribution in [0.5, 0.6) is 0 Å². The van der Waals surface area contributed by atoms with Gasteiger partial charge in [0.05, 0.1) is 22.1 Å². The monoisotopic (exact) mass is 758 g/mol. The SMILES string of the molecule is c1ccc(-c2cccc(-c3ccc(N(c4ccc5c(c4)oc4cccc(-n6c7ccccc7c7ccccc76)c45)c4ccc5sc6ccccc6c5c4)cc3)c2)cc1. The van der Waals surface area contributed by atoms with Gasteiger partial charge in [-0.2, -0.15) is 0 Å². The smallest absolute Gasteiger partial charge is 0.137 e. The Morgan fingerprint density at radius 2 is 0.948 bits per heavy atom. The number of nitrogens with zero attached hydrogens (tertiary/aromatic N) is 2. The lowest BCUT2D eigenvalue weighted by Gasteiger charge is -2.26. The van der Waals surface area contributed by atoms with Gasteiger partial charge in [0.2, 0.25) is 0 Å². The van der Waals surface area contributed by atoms with Crippen LogP contribution in [0.25, 0.3) is 91.9 Å². The second-order valence-corrected chi connectivity index (χ2v) is 16.0. The number of hydrogen-bond acceptors (Lipinski definition) is 3. The topological polar surface area (TPSA) is 21.3 Å². The van der Waals surface area contributed by atoms with Gasteiger partial charge in [0.25, 0.3) is 0 Å². The van der Waals surface area contributed by atoms with Crippen molar-refractivity contribution in [2.24, 2.45) is 0 Å². The average molecular weight is 759 g/mol. The van der Waals surface area contributed by atoms with Crippen molar-refractivity contribution < 1.29 is 4.42 Å². The van der Waals surface area contributed by atoms with Crippen LogP contribution < -0.4 is 4.90 Å². The summed E-state index contributed by atoms with van der Waals surface area (Å²) in [5.41, 5.74) is 13.2. The van der Waals surface area contributed by atoms with E-state index in [0.29, 0.717) is 0 Å². The first-order valence-corrected chi connectivity index (χ1v) is 20.5. The van der Waals surface area contributed by atoms with E-state index in [-0.39, 0.29) is 0 Å². The Labute approximate surface area is 338 Å². The van der Waals surface area contributed by atoms with E-state index in [1.807, 2.05) is 11.3 Å². The second kappa shape index (κ2) is 13.1. The molecule has 3 nitrogen and oxygen atoms in total. The molecule has 0 N–H and O–H groups in total. The molecule has 0 unspecified atom stereocenters. The number of anilines is 3. The number of aromatic nitrogens is 1. The average Bonchev–Trinajstić information content (AvgIpc) is 3.96. The first kappa shape index (κ1) is 32.8. The van der Waals surface area contributed by atoms with Crippen LogP contribution in [0.3, 0.4) is 0 Å². The second-order valence-electron chi connectivity index (χ2n) is 14.9. The lowest BCUT2D eigenvalue weighted by molar-refractivity contribution is 0.669. The van der Waals surface area contributed by atoms with Crippen LogP contribution in [-0.4, -0.2) is 4.57 Å². The number of thiophene rings is 1. The van der Waals surface area contributed by atoms with E-state index >= 15 is 0 Å². The summed E-state index contributed by atoms with van der Waals surface area (Å²) in [5.74, 6) is 0. The number of benzene rings is 9. The Bertz CT molecular complexity index is 3460. The molecule has 58 heavy (non-hydrogen) atoms. The summed E-state index contributed by atoms with van der Waals surface area (Å²) in [7, 11) is 0. The molecule has 0 aliphatic carbocycles. The van der Waals surface area contributed by atoms with Gasteiger partial charge in [-0.15, -0.1) is 11.3 Å². The molecule has 272 valence electrons. The van der Waals surface area contributed by atoms with Crippen molar-refractivity contribution in [3.63, 3.8) is 0 Å². The van der Waals surface area contributed by atoms with Crippen molar-refractivity contribution in [2.45, 2.75) is 0 Å². The summed E-state index contributed by atoms with van der Waals surface area (Å²) < 4.78 is 11.7. The summed E-state index contributed by atoms with van der Waals surface area (Å²) in [6, 6.07) is 74.3. The van der Waals surface area contributed by atoms with Gasteiger partial charge in [-0.25, -0.2) is 0 Å². The van der Waals surface area contributed by atoms with Gasteiger partial charge in [0, 0.05) is 59.5 Å². The molecule has 12 rings (SSSR count). The Balaban J connectivity index is 1.02. The summed E-state index contributed by atoms with van der Waals surface area (Å²) in [5, 5.41) is 7.22. The van der Waals surface area contributed by atoms with E-state index in [1.165, 1.54) is 64.2 Å². The molecule has 0 saturated carbocycles. The fourth-order valence-electron chi connectivity index (χ4n) is 8.92. The first-order chi connectivity index (χ1) is 28.7. The van der Waals surface area contributed by atoms with Crippen molar-refractivity contribution >= 4 is 92.3 Å². The molecule has 0 amide bonds. The van der Waals surface area contributed by atoms with Crippen molar-refractivity contribution in [2.75, 3.05) is 4.90 Å². The maximum Gasteiger partial charge on any atom is 0.137 e. The maximum atomic E-state index is 6.78. The fraction of sp³-hybridized carbons (Fsp3) is 0. The Morgan fingerprint density at radius 1 is 0.362 bits per heavy atom. The summed E-state index contributed by atoms with van der Waals surface area (Å²) in [6.45, 7) is 0. The molecule has 12 aromatic rings. The third kappa shape index (κ3) is 5.19. The zero-order valence-corrected chi connectivity index (χ0v) is 32.2. The van der Waals surface area contributed by atoms with E-state index < -0.39 is 0 Å². The first-order valence-electron chi connectivity index (χ1n) is 19.7. The molecule has 0 fully saturated rings. The predicted molar refractivity (Wildman–Crippen MR) is 247 cm³/mol. The molecule has 0 radical (unpaired) electrons. The molecule has 0 saturated heterocycles. The van der Waals surface area contributed by atoms with Crippen LogP contribution in [0.4, 0.5) is 17.1 Å². The van der Waals surface area contributed by atoms with Gasteiger partial charge in [-0.1, -0.05) is 121 Å². The zero-order valence-electron chi connectivity index (χ0n) is 31.3. The largest absolute Gasteiger partial charge is 0.456 e. The number of fused-ring (bicyclic) bond motifs is 9. The lowest BCUT2D eigenvalue weighted by atomic mass is 9.99. The van der Waals surface area contributed by atoms with Crippen molar-refractivity contribution in [1.82, 2.24) is 4.57 Å². The van der Waals surface area contributed by atoms with Gasteiger partial charge >= 0.3 is 0 Å². The van der Waals surface area contributed by atoms with E-state index in [1.54, 1.807) is 0 Å². The molecule has 0 bridgehead atoms. The summed E-state index contributed by atoms with van der Waals surface area (Å²) >= 11 is 1.84. The van der Waals surface area contributed by atoms with E-state index in [9.17, 15) is 0 Å². The van der Waals surface area contributed by atoms with Gasteiger partial charge in [-0.3, -0.25) is 0 Å². The van der Waals surface area contributed by atoms with Crippen LogP contribution in [-0.2, 0) is 0 Å². The van der Waals surface area contributed by atoms with Gasteiger partial charge in [-0.05, 0) is 101 Å². The van der Waals surface area contributed by atoms with Crippen LogP contribution in [0.15, 0.2) is 211 Å². The minimum Gasteiger partial charge on any atom is -0.456 e. The molecule has 0 atom stereocenters. The van der Waals surface area contributed by atoms with Gasteiger partial charge in [0.1, 0.15) is 11.2 Å². The molecule has 9 aromatic carbocycles. The molecule has 0 spiro atoms. The minimum atomic E-state index is 0.849. The highest BCUT2D eigenvalue weighted by molar-refractivity contribution is 7.25. The Kier molecular flexibility index (Phi) is 7.40. The van der Waals surface area contributed by atoms with Crippen LogP contribution >= 0.6 is 11.3 Å². The molecular formula is C54H34N2OS. The molecule has 0 aliphatic heterocycles. The van der Waals surface area contributed by atoms with Crippen LogP contribution in [0.1, 0.15) is 0 Å². The lowest BCUT2D eigenvalue weighted by Crippen LogP contribution is -2.09. The van der Waals surface area contributed by atoms with Gasteiger partial charge < -0.3 is 13.9 Å². The zero-order chi connectivity index (χ0) is 38.2. The number of rotatable bonds is 6. The standard InChI is InChI=1S/C54H34N2OS/c1-2-12-35(13-3-1)37-14-10-15-38(32-37)36-24-26-39(27-25-36)55(40-29-31-53-46(33-40)44-18-6-9-23-52(44)58-53)41-28-30-45-51(34-41)57-50-22-11-21-49(54(45)50)56-47-19-7-4-16-42(47)43-17-5-8-20-48(43)56/h1-34H. The Morgan fingerprint density at radius 3 is 1.72 bits per heavy atom. The number of hydrogen-bond donors (Lipinski definition) is 0. The van der Waals surface area contributed by atoms with Gasteiger partial charge in [0.15, 0.2) is 0 Å². The molecule has 0 aliphatic rings. The predicted octanol–water partition coefficient (Wildman–Crippen LogP) is 15.9. The minimum absolute atomic E-state index is 0.849. The highest BCUT2D eigenvalue weighted by atomic mass is 32.1. The van der Waals surface area contributed by atoms with E-state index in [2.05, 4.69) is 216 Å². The molecule has 4 heteroatoms. The van der Waals surface area contributed by atoms with Crippen molar-refractivity contribution in [3.05, 3.63) is 206 Å². The summed E-state index contributed by atoms with van der Waals surface area (Å²) in [4.78, 5) is 2.36. The number of furan rings is 1. The highest BCUT2D eigenvalue weighted by Gasteiger charge is 2.20. The Hall–Kier alpha value is -7.40. The maximum absolute atomic E-state index is 6.78. The number of para-hydroxylation sites is 2. The van der Waals surface area contributed by atoms with E-state index in [4.69, 9.17) is 4.42 Å². The summed E-state index contributed by atoms with van der Waals surface area (Å²) in [6.07, 6.45) is 0. The van der Waals surface area contributed by atoms with Crippen LogP contribution in [0.2, 0.25) is 0 Å². The highest BCUT2D eigenvalue weighted by Crippen LogP contribution is 2.44. The van der Waals surface area contributed by atoms with E-state index in [0.717, 1.165) is 44.7 Å². The fourth-order valence-corrected chi connectivity index (χ4v) is 10.0.